The van der Waals surface area contributed by atoms with Gasteiger partial charge in [-0.15, -0.1) is 6.58 Å². The van der Waals surface area contributed by atoms with Crippen LogP contribution in [0.4, 0.5) is 0 Å². The first-order valence-corrected chi connectivity index (χ1v) is 7.90. The van der Waals surface area contributed by atoms with Crippen LogP contribution in [0.5, 0.6) is 0 Å². The normalized spacial score (nSPS) is 26.3. The standard InChI is InChI=1S/C16H27N3O3/c1-5-7-18-9-10-19(13(2)3)15(21)16(18)6-8-17(12-16)14(20)11-22-4/h5,13H,1,6-12H2,2-4H3/t16-/m1/s1. The number of hydrogen-bond donors (Lipinski definition) is 0. The van der Waals surface area contributed by atoms with Gasteiger partial charge in [-0.05, 0) is 20.3 Å². The molecular formula is C16H27N3O3. The van der Waals surface area contributed by atoms with Crippen LogP contribution in [-0.2, 0) is 14.3 Å². The van der Waals surface area contributed by atoms with E-state index in [0.29, 0.717) is 26.1 Å². The summed E-state index contributed by atoms with van der Waals surface area (Å²) >= 11 is 0. The average molecular weight is 309 g/mol. The first-order chi connectivity index (χ1) is 10.5. The third-order valence-electron chi connectivity index (χ3n) is 4.72. The molecule has 0 N–H and O–H groups in total. The van der Waals surface area contributed by atoms with Crippen LogP contribution in [0.3, 0.4) is 0 Å². The zero-order chi connectivity index (χ0) is 16.3. The molecular weight excluding hydrogens is 282 g/mol. The number of methoxy groups -OCH3 is 1. The summed E-state index contributed by atoms with van der Waals surface area (Å²) in [5.41, 5.74) is -0.597. The topological polar surface area (TPSA) is 53.1 Å². The molecule has 2 saturated heterocycles. The van der Waals surface area contributed by atoms with Gasteiger partial charge in [-0.25, -0.2) is 0 Å². The molecule has 22 heavy (non-hydrogen) atoms. The number of ether oxygens (including phenoxy) is 1. The minimum Gasteiger partial charge on any atom is -0.375 e. The van der Waals surface area contributed by atoms with Gasteiger partial charge in [0.15, 0.2) is 0 Å². The number of nitrogens with zero attached hydrogens (tertiary/aromatic N) is 3. The van der Waals surface area contributed by atoms with Crippen LogP contribution >= 0.6 is 0 Å². The van der Waals surface area contributed by atoms with Crippen molar-refractivity contribution in [2.24, 2.45) is 0 Å². The Hall–Kier alpha value is -1.40. The van der Waals surface area contributed by atoms with E-state index >= 15 is 0 Å². The molecule has 2 heterocycles. The van der Waals surface area contributed by atoms with E-state index < -0.39 is 5.54 Å². The number of carbonyl (C=O) groups excluding carboxylic acids is 2. The van der Waals surface area contributed by atoms with E-state index in [4.69, 9.17) is 4.74 Å². The maximum Gasteiger partial charge on any atom is 0.248 e. The number of rotatable bonds is 5. The van der Waals surface area contributed by atoms with Crippen molar-refractivity contribution in [1.82, 2.24) is 14.7 Å². The lowest BCUT2D eigenvalue weighted by atomic mass is 9.90. The van der Waals surface area contributed by atoms with Crippen molar-refractivity contribution >= 4 is 11.8 Å². The molecule has 0 unspecified atom stereocenters. The number of amides is 2. The molecule has 0 radical (unpaired) electrons. The summed E-state index contributed by atoms with van der Waals surface area (Å²) in [5.74, 6) is 0.0933. The van der Waals surface area contributed by atoms with Gasteiger partial charge in [-0.1, -0.05) is 6.08 Å². The van der Waals surface area contributed by atoms with Crippen LogP contribution < -0.4 is 0 Å². The van der Waals surface area contributed by atoms with Crippen LogP contribution in [0.15, 0.2) is 12.7 Å². The number of carbonyl (C=O) groups is 2. The lowest BCUT2D eigenvalue weighted by molar-refractivity contribution is -0.152. The minimum absolute atomic E-state index is 0.0487. The molecule has 6 heteroatoms. The van der Waals surface area contributed by atoms with E-state index in [2.05, 4.69) is 11.5 Å². The summed E-state index contributed by atoms with van der Waals surface area (Å²) in [5, 5.41) is 0. The summed E-state index contributed by atoms with van der Waals surface area (Å²) in [6.07, 6.45) is 2.51. The first kappa shape index (κ1) is 17.0. The molecule has 1 atom stereocenters. The molecule has 2 aliphatic rings. The molecule has 2 aliphatic heterocycles. The van der Waals surface area contributed by atoms with Gasteiger partial charge in [0, 0.05) is 45.9 Å². The van der Waals surface area contributed by atoms with Gasteiger partial charge < -0.3 is 14.5 Å². The fourth-order valence-electron chi connectivity index (χ4n) is 3.52. The van der Waals surface area contributed by atoms with Crippen LogP contribution in [0, 0.1) is 0 Å². The van der Waals surface area contributed by atoms with Gasteiger partial charge in [0.1, 0.15) is 12.1 Å². The Balaban J connectivity index is 2.23. The maximum absolute atomic E-state index is 13.1. The van der Waals surface area contributed by atoms with Crippen molar-refractivity contribution in [2.75, 3.05) is 46.4 Å². The summed E-state index contributed by atoms with van der Waals surface area (Å²) in [4.78, 5) is 31.0. The van der Waals surface area contributed by atoms with Crippen molar-refractivity contribution in [2.45, 2.75) is 31.8 Å². The van der Waals surface area contributed by atoms with Crippen molar-refractivity contribution in [3.8, 4) is 0 Å². The van der Waals surface area contributed by atoms with E-state index in [0.717, 1.165) is 13.1 Å². The molecule has 0 bridgehead atoms. The fourth-order valence-corrected chi connectivity index (χ4v) is 3.52. The van der Waals surface area contributed by atoms with E-state index in [1.54, 1.807) is 4.90 Å². The van der Waals surface area contributed by atoms with E-state index in [1.165, 1.54) is 7.11 Å². The molecule has 0 saturated carbocycles. The molecule has 2 amide bonds. The first-order valence-electron chi connectivity index (χ1n) is 7.90. The number of hydrogen-bond acceptors (Lipinski definition) is 4. The highest BCUT2D eigenvalue weighted by Crippen LogP contribution is 2.33. The molecule has 1 spiro atoms. The number of likely N-dealkylation sites (tertiary alicyclic amines) is 1. The van der Waals surface area contributed by atoms with E-state index in [9.17, 15) is 9.59 Å². The van der Waals surface area contributed by atoms with Crippen LogP contribution in [-0.4, -0.2) is 84.5 Å². The Morgan fingerprint density at radius 3 is 2.73 bits per heavy atom. The van der Waals surface area contributed by atoms with Crippen LogP contribution in [0.25, 0.3) is 0 Å². The summed E-state index contributed by atoms with van der Waals surface area (Å²) < 4.78 is 4.94. The Morgan fingerprint density at radius 1 is 1.41 bits per heavy atom. The highest BCUT2D eigenvalue weighted by atomic mass is 16.5. The molecule has 0 aromatic carbocycles. The molecule has 2 fully saturated rings. The zero-order valence-corrected chi connectivity index (χ0v) is 13.9. The Bertz CT molecular complexity index is 452. The quantitative estimate of drug-likeness (QED) is 0.687. The van der Waals surface area contributed by atoms with Crippen LogP contribution in [0.2, 0.25) is 0 Å². The fraction of sp³-hybridized carbons (Fsp3) is 0.750. The van der Waals surface area contributed by atoms with Gasteiger partial charge in [-0.3, -0.25) is 14.5 Å². The number of piperazine rings is 1. The Labute approximate surface area is 132 Å². The highest BCUT2D eigenvalue weighted by Gasteiger charge is 2.53. The van der Waals surface area contributed by atoms with E-state index in [-0.39, 0.29) is 24.5 Å². The molecule has 0 aromatic heterocycles. The maximum atomic E-state index is 13.1. The second-order valence-electron chi connectivity index (χ2n) is 6.36. The van der Waals surface area contributed by atoms with Gasteiger partial charge in [0.2, 0.25) is 11.8 Å². The van der Waals surface area contributed by atoms with Gasteiger partial charge in [0.25, 0.3) is 0 Å². The monoisotopic (exact) mass is 309 g/mol. The highest BCUT2D eigenvalue weighted by molar-refractivity contribution is 5.90. The van der Waals surface area contributed by atoms with Gasteiger partial charge in [-0.2, -0.15) is 0 Å². The van der Waals surface area contributed by atoms with Crippen molar-refractivity contribution in [3.05, 3.63) is 12.7 Å². The van der Waals surface area contributed by atoms with Gasteiger partial charge >= 0.3 is 0 Å². The summed E-state index contributed by atoms with van der Waals surface area (Å²) in [6, 6.07) is 0.180. The minimum atomic E-state index is -0.597. The largest absolute Gasteiger partial charge is 0.375 e. The SMILES string of the molecule is C=CCN1CCN(C(C)C)C(=O)[C@]12CCN(C(=O)COC)C2. The second-order valence-corrected chi connectivity index (χ2v) is 6.36. The van der Waals surface area contributed by atoms with Crippen molar-refractivity contribution < 1.29 is 14.3 Å². The van der Waals surface area contributed by atoms with Crippen molar-refractivity contribution in [3.63, 3.8) is 0 Å². The van der Waals surface area contributed by atoms with Crippen LogP contribution in [0.1, 0.15) is 20.3 Å². The summed E-state index contributed by atoms with van der Waals surface area (Å²) in [7, 11) is 1.51. The van der Waals surface area contributed by atoms with Gasteiger partial charge in [0.05, 0.1) is 0 Å². The smallest absolute Gasteiger partial charge is 0.248 e. The van der Waals surface area contributed by atoms with Crippen molar-refractivity contribution in [1.29, 1.82) is 0 Å². The lowest BCUT2D eigenvalue weighted by Crippen LogP contribution is -2.68. The Kier molecular flexibility index (Phi) is 5.24. The molecule has 6 nitrogen and oxygen atoms in total. The Morgan fingerprint density at radius 2 is 2.14 bits per heavy atom. The molecule has 2 rings (SSSR count). The molecule has 0 aliphatic carbocycles. The third-order valence-corrected chi connectivity index (χ3v) is 4.72. The van der Waals surface area contributed by atoms with E-state index in [1.807, 2.05) is 24.8 Å². The summed E-state index contributed by atoms with van der Waals surface area (Å²) in [6.45, 7) is 11.2. The molecule has 124 valence electrons. The lowest BCUT2D eigenvalue weighted by Gasteiger charge is -2.48. The second kappa shape index (κ2) is 6.79. The third kappa shape index (κ3) is 2.90. The average Bonchev–Trinajstić information content (AvgIpc) is 2.91. The zero-order valence-electron chi connectivity index (χ0n) is 13.9. The predicted molar refractivity (Wildman–Crippen MR) is 84.4 cm³/mol. The predicted octanol–water partition coefficient (Wildman–Crippen LogP) is 0.343. The molecule has 0 aromatic rings.